The van der Waals surface area contributed by atoms with Gasteiger partial charge in [0.2, 0.25) is 5.91 Å². The van der Waals surface area contributed by atoms with Crippen LogP contribution < -0.4 is 5.32 Å². The van der Waals surface area contributed by atoms with Gasteiger partial charge in [0.15, 0.2) is 5.78 Å². The summed E-state index contributed by atoms with van der Waals surface area (Å²) in [6.07, 6.45) is 0. The summed E-state index contributed by atoms with van der Waals surface area (Å²) >= 11 is 1.25. The van der Waals surface area contributed by atoms with Crippen molar-refractivity contribution in [2.24, 2.45) is 0 Å². The molecule has 0 saturated heterocycles. The molecule has 1 N–H and O–H groups in total. The van der Waals surface area contributed by atoms with Gasteiger partial charge in [0.25, 0.3) is 0 Å². The van der Waals surface area contributed by atoms with E-state index < -0.39 is 0 Å². The molecule has 136 valence electrons. The van der Waals surface area contributed by atoms with Crippen molar-refractivity contribution in [3.05, 3.63) is 90.2 Å². The van der Waals surface area contributed by atoms with E-state index in [-0.39, 0.29) is 29.0 Å². The monoisotopic (exact) mass is 379 g/mol. The predicted molar refractivity (Wildman–Crippen MR) is 109 cm³/mol. The number of halogens is 1. The van der Waals surface area contributed by atoms with E-state index in [1.54, 1.807) is 0 Å². The molecule has 0 atom stereocenters. The Labute approximate surface area is 161 Å². The van der Waals surface area contributed by atoms with Crippen molar-refractivity contribution < 1.29 is 14.0 Å². The third-order valence-electron chi connectivity index (χ3n) is 3.91. The molecule has 1 amide bonds. The molecule has 0 unspecified atom stereocenters. The molecule has 0 aliphatic rings. The molecule has 3 aromatic carbocycles. The average Bonchev–Trinajstić information content (AvgIpc) is 2.70. The third kappa shape index (κ3) is 5.53. The Bertz CT molecular complexity index is 909. The van der Waals surface area contributed by atoms with Crippen molar-refractivity contribution in [3.8, 4) is 11.1 Å². The van der Waals surface area contributed by atoms with E-state index in [1.165, 1.54) is 36.0 Å². The maximum absolute atomic E-state index is 12.8. The van der Waals surface area contributed by atoms with E-state index >= 15 is 0 Å². The average molecular weight is 379 g/mol. The molecule has 27 heavy (non-hydrogen) atoms. The third-order valence-corrected chi connectivity index (χ3v) is 4.84. The first-order chi connectivity index (χ1) is 13.1. The van der Waals surface area contributed by atoms with Gasteiger partial charge in [-0.1, -0.05) is 54.6 Å². The minimum absolute atomic E-state index is 0.0193. The van der Waals surface area contributed by atoms with Crippen molar-refractivity contribution in [2.75, 3.05) is 16.8 Å². The molecule has 0 aliphatic heterocycles. The Morgan fingerprint density at radius 2 is 1.41 bits per heavy atom. The van der Waals surface area contributed by atoms with Crippen LogP contribution in [-0.4, -0.2) is 23.2 Å². The Hall–Kier alpha value is -2.92. The molecule has 0 saturated carbocycles. The molecule has 0 bridgehead atoms. The van der Waals surface area contributed by atoms with Crippen LogP contribution in [-0.2, 0) is 4.79 Å². The maximum atomic E-state index is 12.8. The lowest BCUT2D eigenvalue weighted by atomic mass is 10.0. The summed E-state index contributed by atoms with van der Waals surface area (Å²) < 4.78 is 12.8. The topological polar surface area (TPSA) is 46.2 Å². The highest BCUT2D eigenvalue weighted by molar-refractivity contribution is 8.00. The highest BCUT2D eigenvalue weighted by Crippen LogP contribution is 2.20. The van der Waals surface area contributed by atoms with Gasteiger partial charge in [-0.2, -0.15) is 0 Å². The Morgan fingerprint density at radius 1 is 0.778 bits per heavy atom. The molecular weight excluding hydrogens is 361 g/mol. The minimum atomic E-state index is -0.355. The Kier molecular flexibility index (Phi) is 6.39. The molecule has 0 aromatic heterocycles. The first-order valence-corrected chi connectivity index (χ1v) is 9.59. The summed E-state index contributed by atoms with van der Waals surface area (Å²) in [7, 11) is 0. The van der Waals surface area contributed by atoms with Gasteiger partial charge in [0, 0.05) is 11.3 Å². The van der Waals surface area contributed by atoms with E-state index in [0.717, 1.165) is 11.1 Å². The van der Waals surface area contributed by atoms with Crippen molar-refractivity contribution in [1.82, 2.24) is 0 Å². The quantitative estimate of drug-likeness (QED) is 0.585. The van der Waals surface area contributed by atoms with Crippen LogP contribution >= 0.6 is 11.8 Å². The van der Waals surface area contributed by atoms with Crippen LogP contribution in [0.4, 0.5) is 10.1 Å². The maximum Gasteiger partial charge on any atom is 0.234 e. The molecule has 0 radical (unpaired) electrons. The van der Waals surface area contributed by atoms with Crippen LogP contribution in [0.15, 0.2) is 78.9 Å². The van der Waals surface area contributed by atoms with Crippen molar-refractivity contribution in [3.63, 3.8) is 0 Å². The zero-order chi connectivity index (χ0) is 19.1. The number of benzene rings is 3. The lowest BCUT2D eigenvalue weighted by molar-refractivity contribution is -0.113. The first-order valence-electron chi connectivity index (χ1n) is 8.44. The molecular formula is C22H18FNO2S. The molecule has 3 nitrogen and oxygen atoms in total. The van der Waals surface area contributed by atoms with E-state index in [1.807, 2.05) is 54.6 Å². The zero-order valence-electron chi connectivity index (χ0n) is 14.5. The lowest BCUT2D eigenvalue weighted by Crippen LogP contribution is -2.15. The van der Waals surface area contributed by atoms with Crippen LogP contribution in [0.25, 0.3) is 11.1 Å². The smallest absolute Gasteiger partial charge is 0.234 e. The summed E-state index contributed by atoms with van der Waals surface area (Å²) in [6.45, 7) is 0. The van der Waals surface area contributed by atoms with Gasteiger partial charge in [-0.05, 0) is 35.4 Å². The minimum Gasteiger partial charge on any atom is -0.325 e. The number of anilines is 1. The number of thioether (sulfide) groups is 1. The second-order valence-corrected chi connectivity index (χ2v) is 6.90. The standard InChI is InChI=1S/C22H18FNO2S/c23-19-10-12-20(13-11-19)24-22(26)15-27-14-21(25)18-8-6-17(7-9-18)16-4-2-1-3-5-16/h1-13H,14-15H2,(H,24,26). The van der Waals surface area contributed by atoms with Gasteiger partial charge in [0.05, 0.1) is 11.5 Å². The van der Waals surface area contributed by atoms with E-state index in [4.69, 9.17) is 0 Å². The molecule has 0 spiro atoms. The number of carbonyl (C=O) groups is 2. The summed E-state index contributed by atoms with van der Waals surface area (Å²) in [4.78, 5) is 24.2. The summed E-state index contributed by atoms with van der Waals surface area (Å²) in [5, 5.41) is 2.67. The number of ketones is 1. The Balaban J connectivity index is 1.47. The second-order valence-electron chi connectivity index (χ2n) is 5.91. The number of hydrogen-bond acceptors (Lipinski definition) is 3. The van der Waals surface area contributed by atoms with Gasteiger partial charge in [-0.15, -0.1) is 11.8 Å². The fraction of sp³-hybridized carbons (Fsp3) is 0.0909. The molecule has 3 rings (SSSR count). The molecule has 0 aliphatic carbocycles. The number of carbonyl (C=O) groups excluding carboxylic acids is 2. The van der Waals surface area contributed by atoms with Crippen molar-refractivity contribution in [1.29, 1.82) is 0 Å². The van der Waals surface area contributed by atoms with Gasteiger partial charge in [-0.25, -0.2) is 4.39 Å². The highest BCUT2D eigenvalue weighted by Gasteiger charge is 2.09. The normalized spacial score (nSPS) is 10.4. The summed E-state index contributed by atoms with van der Waals surface area (Å²) in [5.74, 6) is -0.216. The van der Waals surface area contributed by atoms with Crippen LogP contribution in [0.3, 0.4) is 0 Å². The van der Waals surface area contributed by atoms with E-state index in [9.17, 15) is 14.0 Å². The molecule has 3 aromatic rings. The van der Waals surface area contributed by atoms with E-state index in [2.05, 4.69) is 5.32 Å². The SMILES string of the molecule is O=C(CSCC(=O)c1ccc(-c2ccccc2)cc1)Nc1ccc(F)cc1. The fourth-order valence-electron chi connectivity index (χ4n) is 2.53. The van der Waals surface area contributed by atoms with Gasteiger partial charge >= 0.3 is 0 Å². The Morgan fingerprint density at radius 3 is 2.07 bits per heavy atom. The van der Waals surface area contributed by atoms with Crippen LogP contribution in [0.1, 0.15) is 10.4 Å². The summed E-state index contributed by atoms with van der Waals surface area (Å²) in [6, 6.07) is 23.0. The molecule has 0 heterocycles. The number of hydrogen-bond donors (Lipinski definition) is 1. The van der Waals surface area contributed by atoms with Crippen LogP contribution in [0.5, 0.6) is 0 Å². The van der Waals surface area contributed by atoms with E-state index in [0.29, 0.717) is 11.3 Å². The summed E-state index contributed by atoms with van der Waals surface area (Å²) in [5.41, 5.74) is 3.31. The van der Waals surface area contributed by atoms with Gasteiger partial charge in [0.1, 0.15) is 5.82 Å². The fourth-order valence-corrected chi connectivity index (χ4v) is 3.24. The first kappa shape index (κ1) is 18.9. The van der Waals surface area contributed by atoms with Gasteiger partial charge in [-0.3, -0.25) is 9.59 Å². The van der Waals surface area contributed by atoms with Crippen molar-refractivity contribution in [2.45, 2.75) is 0 Å². The van der Waals surface area contributed by atoms with Crippen LogP contribution in [0, 0.1) is 5.82 Å². The number of nitrogens with one attached hydrogen (secondary N) is 1. The number of Topliss-reactive ketones (excluding diaryl/α,β-unsaturated/α-hetero) is 1. The number of rotatable bonds is 7. The number of amides is 1. The zero-order valence-corrected chi connectivity index (χ0v) is 15.3. The lowest BCUT2D eigenvalue weighted by Gasteiger charge is -2.06. The van der Waals surface area contributed by atoms with Crippen LogP contribution in [0.2, 0.25) is 0 Å². The predicted octanol–water partition coefficient (Wildman–Crippen LogP) is 5.05. The van der Waals surface area contributed by atoms with Gasteiger partial charge < -0.3 is 5.32 Å². The second kappa shape index (κ2) is 9.14. The molecule has 0 fully saturated rings. The van der Waals surface area contributed by atoms with Crippen molar-refractivity contribution >= 4 is 29.1 Å². The highest BCUT2D eigenvalue weighted by atomic mass is 32.2. The largest absolute Gasteiger partial charge is 0.325 e. The molecule has 5 heteroatoms.